The number of amides is 1. The van der Waals surface area contributed by atoms with Crippen LogP contribution >= 0.6 is 0 Å². The number of nitrogen functional groups attached to an aromatic ring is 1. The van der Waals surface area contributed by atoms with E-state index in [9.17, 15) is 4.79 Å². The smallest absolute Gasteiger partial charge is 0.259 e. The van der Waals surface area contributed by atoms with Crippen molar-refractivity contribution in [1.82, 2.24) is 4.98 Å². The lowest BCUT2D eigenvalue weighted by Gasteiger charge is -2.16. The van der Waals surface area contributed by atoms with Gasteiger partial charge in [-0.25, -0.2) is 4.98 Å². The summed E-state index contributed by atoms with van der Waals surface area (Å²) in [5.41, 5.74) is 8.33. The molecule has 0 saturated heterocycles. The van der Waals surface area contributed by atoms with Crippen LogP contribution in [0.25, 0.3) is 0 Å². The Hall–Kier alpha value is -3.11. The van der Waals surface area contributed by atoms with Gasteiger partial charge in [-0.2, -0.15) is 5.26 Å². The van der Waals surface area contributed by atoms with Crippen LogP contribution in [0.3, 0.4) is 0 Å². The Morgan fingerprint density at radius 3 is 2.70 bits per heavy atom. The first-order chi connectivity index (χ1) is 13.0. The third kappa shape index (κ3) is 3.86. The molecule has 1 aromatic carbocycles. The summed E-state index contributed by atoms with van der Waals surface area (Å²) in [5.74, 6) is 0.312. The average Bonchev–Trinajstić information content (AvgIpc) is 3.43. The van der Waals surface area contributed by atoms with Crippen LogP contribution in [-0.4, -0.2) is 25.1 Å². The Labute approximate surface area is 158 Å². The number of aromatic nitrogens is 1. The molecule has 0 atom stereocenters. The molecule has 0 bridgehead atoms. The van der Waals surface area contributed by atoms with Gasteiger partial charge < -0.3 is 20.5 Å². The van der Waals surface area contributed by atoms with Crippen LogP contribution in [0, 0.1) is 11.3 Å². The summed E-state index contributed by atoms with van der Waals surface area (Å²) in [6.07, 6.45) is 2.40. The van der Waals surface area contributed by atoms with Crippen LogP contribution in [-0.2, 0) is 16.8 Å². The second-order valence-corrected chi connectivity index (χ2v) is 6.65. The van der Waals surface area contributed by atoms with Gasteiger partial charge in [-0.05, 0) is 42.7 Å². The highest BCUT2D eigenvalue weighted by Gasteiger charge is 2.44. The number of rotatable bonds is 7. The first-order valence-corrected chi connectivity index (χ1v) is 8.64. The minimum Gasteiger partial charge on any atom is -0.495 e. The predicted octanol–water partition coefficient (Wildman–Crippen LogP) is 3.02. The van der Waals surface area contributed by atoms with Crippen molar-refractivity contribution < 1.29 is 14.3 Å². The fraction of sp³-hybridized carbons (Fsp3) is 0.350. The number of nitrogens with zero attached hydrogens (tertiary/aromatic N) is 2. The molecule has 0 aliphatic heterocycles. The van der Waals surface area contributed by atoms with Gasteiger partial charge in [-0.15, -0.1) is 0 Å². The quantitative estimate of drug-likeness (QED) is 0.779. The maximum absolute atomic E-state index is 12.7. The highest BCUT2D eigenvalue weighted by atomic mass is 16.5. The van der Waals surface area contributed by atoms with Gasteiger partial charge in [0.25, 0.3) is 5.91 Å². The molecule has 3 rings (SSSR count). The van der Waals surface area contributed by atoms with Crippen molar-refractivity contribution in [2.75, 3.05) is 25.3 Å². The number of nitriles is 1. The van der Waals surface area contributed by atoms with Crippen molar-refractivity contribution >= 4 is 17.4 Å². The van der Waals surface area contributed by atoms with Crippen molar-refractivity contribution in [1.29, 1.82) is 5.26 Å². The molecule has 3 N–H and O–H groups in total. The molecule has 1 aliphatic rings. The molecule has 27 heavy (non-hydrogen) atoms. The number of carbonyl (C=O) groups is 1. The SMILES string of the molecule is COCc1ccc(C(=O)Nc2cc(C3(CC#N)CC3)ccc2OC)c(N)n1. The van der Waals surface area contributed by atoms with Crippen LogP contribution in [0.5, 0.6) is 5.75 Å². The minimum atomic E-state index is -0.371. The minimum absolute atomic E-state index is 0.108. The second-order valence-electron chi connectivity index (χ2n) is 6.65. The van der Waals surface area contributed by atoms with E-state index in [1.165, 1.54) is 0 Å². The number of pyridine rings is 1. The Bertz CT molecular complexity index is 901. The van der Waals surface area contributed by atoms with Crippen LogP contribution in [0.4, 0.5) is 11.5 Å². The van der Waals surface area contributed by atoms with Gasteiger partial charge >= 0.3 is 0 Å². The summed E-state index contributed by atoms with van der Waals surface area (Å²) < 4.78 is 10.4. The van der Waals surface area contributed by atoms with Crippen LogP contribution in [0.1, 0.15) is 40.9 Å². The summed E-state index contributed by atoms with van der Waals surface area (Å²) in [6.45, 7) is 0.322. The molecule has 0 radical (unpaired) electrons. The third-order valence-corrected chi connectivity index (χ3v) is 4.85. The van der Waals surface area contributed by atoms with E-state index < -0.39 is 0 Å². The van der Waals surface area contributed by atoms with Crippen molar-refractivity contribution in [2.24, 2.45) is 0 Å². The van der Waals surface area contributed by atoms with E-state index in [2.05, 4.69) is 16.4 Å². The van der Waals surface area contributed by atoms with Crippen LogP contribution in [0.15, 0.2) is 30.3 Å². The number of ether oxygens (including phenoxy) is 2. The van der Waals surface area contributed by atoms with Gasteiger partial charge in [0, 0.05) is 18.9 Å². The third-order valence-electron chi connectivity index (χ3n) is 4.85. The first kappa shape index (κ1) is 18.7. The Balaban J connectivity index is 1.86. The molecule has 7 heteroatoms. The van der Waals surface area contributed by atoms with Crippen LogP contribution < -0.4 is 15.8 Å². The van der Waals surface area contributed by atoms with E-state index in [0.29, 0.717) is 30.2 Å². The molecule has 1 fully saturated rings. The Morgan fingerprint density at radius 2 is 2.11 bits per heavy atom. The lowest BCUT2D eigenvalue weighted by atomic mass is 9.92. The van der Waals surface area contributed by atoms with Gasteiger partial charge in [0.15, 0.2) is 0 Å². The fourth-order valence-corrected chi connectivity index (χ4v) is 3.13. The number of carbonyl (C=O) groups excluding carboxylic acids is 1. The molecule has 0 unspecified atom stereocenters. The number of benzene rings is 1. The number of hydrogen-bond donors (Lipinski definition) is 2. The molecular weight excluding hydrogens is 344 g/mol. The van der Waals surface area contributed by atoms with E-state index in [1.807, 2.05) is 18.2 Å². The normalized spacial score (nSPS) is 14.3. The molecule has 140 valence electrons. The zero-order chi connectivity index (χ0) is 19.4. The summed E-state index contributed by atoms with van der Waals surface area (Å²) in [6, 6.07) is 11.2. The molecule has 1 amide bonds. The summed E-state index contributed by atoms with van der Waals surface area (Å²) in [5, 5.41) is 11.9. The Kier molecular flexibility index (Phi) is 5.28. The van der Waals surface area contributed by atoms with E-state index in [1.54, 1.807) is 26.4 Å². The molecule has 1 saturated carbocycles. The van der Waals surface area contributed by atoms with Crippen LogP contribution in [0.2, 0.25) is 0 Å². The number of hydrogen-bond acceptors (Lipinski definition) is 6. The Morgan fingerprint density at radius 1 is 1.33 bits per heavy atom. The molecular formula is C20H22N4O3. The first-order valence-electron chi connectivity index (χ1n) is 8.64. The van der Waals surface area contributed by atoms with Gasteiger partial charge in [0.1, 0.15) is 11.6 Å². The lowest BCUT2D eigenvalue weighted by Crippen LogP contribution is -2.17. The molecule has 1 aliphatic carbocycles. The second kappa shape index (κ2) is 7.64. The number of nitrogens with two attached hydrogens (primary N) is 1. The standard InChI is InChI=1S/C20H22N4O3/c1-26-12-14-4-5-15(18(22)23-14)19(25)24-16-11-13(3-6-17(16)27-2)20(7-8-20)9-10-21/h3-6,11H,7-9,12H2,1-2H3,(H2,22,23)(H,24,25). The summed E-state index contributed by atoms with van der Waals surface area (Å²) >= 11 is 0. The van der Waals surface area contributed by atoms with E-state index >= 15 is 0 Å². The van der Waals surface area contributed by atoms with E-state index in [0.717, 1.165) is 18.4 Å². The van der Waals surface area contributed by atoms with Gasteiger partial charge in [-0.1, -0.05) is 6.07 Å². The molecule has 2 aromatic rings. The van der Waals surface area contributed by atoms with Gasteiger partial charge in [-0.3, -0.25) is 4.79 Å². The monoisotopic (exact) mass is 366 g/mol. The van der Waals surface area contributed by atoms with Gasteiger partial charge in [0.2, 0.25) is 0 Å². The zero-order valence-corrected chi connectivity index (χ0v) is 15.4. The highest BCUT2D eigenvalue weighted by Crippen LogP contribution is 2.51. The van der Waals surface area contributed by atoms with Gasteiger partial charge in [0.05, 0.1) is 36.7 Å². The fourth-order valence-electron chi connectivity index (χ4n) is 3.13. The summed E-state index contributed by atoms with van der Waals surface area (Å²) in [4.78, 5) is 16.9. The number of methoxy groups -OCH3 is 2. The largest absolute Gasteiger partial charge is 0.495 e. The molecule has 1 heterocycles. The highest BCUT2D eigenvalue weighted by molar-refractivity contribution is 6.07. The maximum atomic E-state index is 12.7. The molecule has 1 aromatic heterocycles. The summed E-state index contributed by atoms with van der Waals surface area (Å²) in [7, 11) is 3.11. The zero-order valence-electron chi connectivity index (χ0n) is 15.4. The maximum Gasteiger partial charge on any atom is 0.259 e. The molecule has 0 spiro atoms. The van der Waals surface area contributed by atoms with E-state index in [4.69, 9.17) is 20.5 Å². The number of anilines is 2. The predicted molar refractivity (Wildman–Crippen MR) is 101 cm³/mol. The topological polar surface area (TPSA) is 110 Å². The van der Waals surface area contributed by atoms with Crippen molar-refractivity contribution in [2.45, 2.75) is 31.3 Å². The van der Waals surface area contributed by atoms with Crippen molar-refractivity contribution in [3.63, 3.8) is 0 Å². The average molecular weight is 366 g/mol. The van der Waals surface area contributed by atoms with E-state index in [-0.39, 0.29) is 22.7 Å². The molecule has 7 nitrogen and oxygen atoms in total. The van der Waals surface area contributed by atoms with Crippen molar-refractivity contribution in [3.05, 3.63) is 47.2 Å². The van der Waals surface area contributed by atoms with Crippen molar-refractivity contribution in [3.8, 4) is 11.8 Å². The number of nitrogens with one attached hydrogen (secondary N) is 1. The lowest BCUT2D eigenvalue weighted by molar-refractivity contribution is 0.102.